The van der Waals surface area contributed by atoms with Crippen molar-refractivity contribution in [2.24, 2.45) is 0 Å². The van der Waals surface area contributed by atoms with E-state index < -0.39 is 5.91 Å². The zero-order chi connectivity index (χ0) is 17.9. The molecule has 0 aliphatic carbocycles. The highest BCUT2D eigenvalue weighted by Crippen LogP contribution is 2.12. The van der Waals surface area contributed by atoms with Crippen molar-refractivity contribution in [3.8, 4) is 11.5 Å². The molecule has 4 rings (SSSR count). The Hall–Kier alpha value is -3.88. The average molecular weight is 349 g/mol. The van der Waals surface area contributed by atoms with Gasteiger partial charge in [0.1, 0.15) is 5.82 Å². The van der Waals surface area contributed by atoms with Gasteiger partial charge in [-0.25, -0.2) is 18.7 Å². The number of hydrogen-bond donors (Lipinski definition) is 1. The molecule has 8 nitrogen and oxygen atoms in total. The van der Waals surface area contributed by atoms with Crippen LogP contribution in [0.2, 0.25) is 0 Å². The largest absolute Gasteiger partial charge is 0.319 e. The predicted molar refractivity (Wildman–Crippen MR) is 90.6 cm³/mol. The van der Waals surface area contributed by atoms with E-state index in [4.69, 9.17) is 0 Å². The predicted octanol–water partition coefficient (Wildman–Crippen LogP) is 2.24. The van der Waals surface area contributed by atoms with Gasteiger partial charge in [-0.15, -0.1) is 5.10 Å². The Morgan fingerprint density at radius 3 is 2.62 bits per heavy atom. The van der Waals surface area contributed by atoms with Gasteiger partial charge < -0.3 is 5.32 Å². The first-order valence-electron chi connectivity index (χ1n) is 7.65. The Labute approximate surface area is 146 Å². The summed E-state index contributed by atoms with van der Waals surface area (Å²) in [6.07, 6.45) is 6.42. The van der Waals surface area contributed by atoms with E-state index in [1.54, 1.807) is 47.4 Å². The molecule has 9 heteroatoms. The van der Waals surface area contributed by atoms with Crippen molar-refractivity contribution < 1.29 is 9.18 Å². The lowest BCUT2D eigenvalue weighted by Crippen LogP contribution is -2.12. The summed E-state index contributed by atoms with van der Waals surface area (Å²) < 4.78 is 16.0. The van der Waals surface area contributed by atoms with E-state index in [9.17, 15) is 9.18 Å². The number of carbonyl (C=O) groups excluding carboxylic acids is 1. The summed E-state index contributed by atoms with van der Waals surface area (Å²) in [5.74, 6) is -0.139. The molecule has 3 aromatic heterocycles. The van der Waals surface area contributed by atoms with E-state index in [0.717, 1.165) is 0 Å². The van der Waals surface area contributed by atoms with Crippen molar-refractivity contribution in [1.29, 1.82) is 0 Å². The number of pyridine rings is 1. The third-order valence-corrected chi connectivity index (χ3v) is 3.56. The van der Waals surface area contributed by atoms with Crippen molar-refractivity contribution >= 4 is 11.6 Å². The van der Waals surface area contributed by atoms with Crippen LogP contribution in [0, 0.1) is 5.82 Å². The van der Waals surface area contributed by atoms with Crippen LogP contribution in [0.25, 0.3) is 11.5 Å². The molecule has 3 heterocycles. The van der Waals surface area contributed by atoms with Crippen LogP contribution in [0.4, 0.5) is 10.1 Å². The third kappa shape index (κ3) is 3.18. The van der Waals surface area contributed by atoms with Gasteiger partial charge >= 0.3 is 0 Å². The van der Waals surface area contributed by atoms with E-state index in [2.05, 4.69) is 25.7 Å². The van der Waals surface area contributed by atoms with Gasteiger partial charge in [0.2, 0.25) is 0 Å². The molecule has 0 aliphatic rings. The molecule has 0 fully saturated rings. The quantitative estimate of drug-likeness (QED) is 0.610. The summed E-state index contributed by atoms with van der Waals surface area (Å²) in [5.41, 5.74) is 1.25. The molecule has 1 aromatic carbocycles. The van der Waals surface area contributed by atoms with Gasteiger partial charge in [0.05, 0.1) is 23.8 Å². The molecule has 0 aliphatic heterocycles. The molecular formula is C17H12FN7O. The van der Waals surface area contributed by atoms with Gasteiger partial charge in [-0.3, -0.25) is 4.79 Å². The third-order valence-electron chi connectivity index (χ3n) is 3.56. The van der Waals surface area contributed by atoms with Gasteiger partial charge in [0.15, 0.2) is 11.5 Å². The zero-order valence-corrected chi connectivity index (χ0v) is 13.3. The Balaban J connectivity index is 1.47. The van der Waals surface area contributed by atoms with Crippen molar-refractivity contribution in [2.45, 2.75) is 0 Å². The van der Waals surface area contributed by atoms with Crippen molar-refractivity contribution in [2.75, 3.05) is 5.32 Å². The van der Waals surface area contributed by atoms with E-state index in [1.807, 2.05) is 0 Å². The Morgan fingerprint density at radius 1 is 1.08 bits per heavy atom. The van der Waals surface area contributed by atoms with Crippen LogP contribution in [-0.4, -0.2) is 35.7 Å². The van der Waals surface area contributed by atoms with Gasteiger partial charge in [0.25, 0.3) is 5.91 Å². The van der Waals surface area contributed by atoms with Crippen LogP contribution in [-0.2, 0) is 0 Å². The normalized spacial score (nSPS) is 10.7. The fourth-order valence-corrected chi connectivity index (χ4v) is 2.28. The van der Waals surface area contributed by atoms with E-state index in [-0.39, 0.29) is 11.5 Å². The molecule has 1 amide bonds. The molecule has 0 bridgehead atoms. The first-order valence-corrected chi connectivity index (χ1v) is 7.65. The SMILES string of the molecule is O=C(Nc1ccc(-n2cccn2)nc1)c1cn(-c2ccc(F)cc2)nn1. The van der Waals surface area contributed by atoms with Crippen molar-refractivity contribution in [3.63, 3.8) is 0 Å². The average Bonchev–Trinajstić information content (AvgIpc) is 3.35. The van der Waals surface area contributed by atoms with Crippen molar-refractivity contribution in [1.82, 2.24) is 29.8 Å². The molecule has 0 radical (unpaired) electrons. The van der Waals surface area contributed by atoms with E-state index in [0.29, 0.717) is 17.2 Å². The number of halogens is 1. The topological polar surface area (TPSA) is 90.5 Å². The van der Waals surface area contributed by atoms with Crippen LogP contribution < -0.4 is 5.32 Å². The highest BCUT2D eigenvalue weighted by Gasteiger charge is 2.12. The lowest BCUT2D eigenvalue weighted by atomic mass is 10.3. The van der Waals surface area contributed by atoms with Gasteiger partial charge in [0, 0.05) is 12.4 Å². The van der Waals surface area contributed by atoms with Crippen LogP contribution in [0.1, 0.15) is 10.5 Å². The van der Waals surface area contributed by atoms with Crippen LogP contribution in [0.15, 0.2) is 67.3 Å². The Kier molecular flexibility index (Phi) is 3.94. The summed E-state index contributed by atoms with van der Waals surface area (Å²) >= 11 is 0. The standard InChI is InChI=1S/C17H12FN7O/c18-12-2-5-14(6-3-12)25-11-15(22-23-25)17(26)21-13-4-7-16(19-10-13)24-9-1-8-20-24/h1-11H,(H,21,26). The summed E-state index contributed by atoms with van der Waals surface area (Å²) in [6, 6.07) is 11.0. The second-order valence-electron chi connectivity index (χ2n) is 5.33. The molecule has 0 saturated carbocycles. The lowest BCUT2D eigenvalue weighted by molar-refractivity contribution is 0.102. The highest BCUT2D eigenvalue weighted by atomic mass is 19.1. The number of aromatic nitrogens is 6. The summed E-state index contributed by atoms with van der Waals surface area (Å²) in [5, 5.41) is 14.5. The first-order chi connectivity index (χ1) is 12.7. The highest BCUT2D eigenvalue weighted by molar-refractivity contribution is 6.02. The number of nitrogens with zero attached hydrogens (tertiary/aromatic N) is 6. The number of hydrogen-bond acceptors (Lipinski definition) is 5. The second-order valence-corrected chi connectivity index (χ2v) is 5.33. The minimum absolute atomic E-state index is 0.130. The Morgan fingerprint density at radius 2 is 1.92 bits per heavy atom. The van der Waals surface area contributed by atoms with Crippen LogP contribution >= 0.6 is 0 Å². The van der Waals surface area contributed by atoms with Crippen molar-refractivity contribution in [3.05, 3.63) is 78.8 Å². The first kappa shape index (κ1) is 15.6. The maximum Gasteiger partial charge on any atom is 0.277 e. The molecule has 4 aromatic rings. The van der Waals surface area contributed by atoms with E-state index >= 15 is 0 Å². The Bertz CT molecular complexity index is 1020. The summed E-state index contributed by atoms with van der Waals surface area (Å²) in [6.45, 7) is 0. The van der Waals surface area contributed by atoms with Gasteiger partial charge in [-0.1, -0.05) is 5.21 Å². The molecule has 0 spiro atoms. The smallest absolute Gasteiger partial charge is 0.277 e. The number of rotatable bonds is 4. The fourth-order valence-electron chi connectivity index (χ4n) is 2.28. The minimum Gasteiger partial charge on any atom is -0.319 e. The zero-order valence-electron chi connectivity index (χ0n) is 13.3. The molecule has 0 saturated heterocycles. The van der Waals surface area contributed by atoms with Gasteiger partial charge in [-0.05, 0) is 42.5 Å². The molecular weight excluding hydrogens is 337 g/mol. The minimum atomic E-state index is -0.424. The molecule has 0 atom stereocenters. The monoisotopic (exact) mass is 349 g/mol. The summed E-state index contributed by atoms with van der Waals surface area (Å²) in [7, 11) is 0. The van der Waals surface area contributed by atoms with E-state index in [1.165, 1.54) is 29.2 Å². The maximum atomic E-state index is 13.0. The van der Waals surface area contributed by atoms with Gasteiger partial charge in [-0.2, -0.15) is 5.10 Å². The number of carbonyl (C=O) groups is 1. The second kappa shape index (κ2) is 6.55. The lowest BCUT2D eigenvalue weighted by Gasteiger charge is -2.04. The fraction of sp³-hybridized carbons (Fsp3) is 0. The maximum absolute atomic E-state index is 13.0. The number of nitrogens with one attached hydrogen (secondary N) is 1. The molecule has 26 heavy (non-hydrogen) atoms. The number of anilines is 1. The molecule has 128 valence electrons. The van der Waals surface area contributed by atoms with Crippen LogP contribution in [0.5, 0.6) is 0 Å². The molecule has 0 unspecified atom stereocenters. The summed E-state index contributed by atoms with van der Waals surface area (Å²) in [4.78, 5) is 16.5. The van der Waals surface area contributed by atoms with Crippen LogP contribution in [0.3, 0.4) is 0 Å². The number of benzene rings is 1. The number of amides is 1. The molecule has 1 N–H and O–H groups in total.